The van der Waals surface area contributed by atoms with Gasteiger partial charge in [0.2, 0.25) is 0 Å². The molecule has 2 aliphatic rings. The minimum Gasteiger partial charge on any atom is -0.371 e. The van der Waals surface area contributed by atoms with Gasteiger partial charge in [0.25, 0.3) is 0 Å². The van der Waals surface area contributed by atoms with Crippen molar-refractivity contribution in [2.45, 2.75) is 24.9 Å². The maximum Gasteiger partial charge on any atom is 0.128 e. The van der Waals surface area contributed by atoms with Crippen molar-refractivity contribution in [3.63, 3.8) is 0 Å². The van der Waals surface area contributed by atoms with E-state index in [9.17, 15) is 4.39 Å². The van der Waals surface area contributed by atoms with Gasteiger partial charge in [-0.05, 0) is 44.1 Å². The molecule has 0 amide bonds. The first-order valence-electron chi connectivity index (χ1n) is 8.41. The van der Waals surface area contributed by atoms with E-state index >= 15 is 0 Å². The normalized spacial score (nSPS) is 18.5. The summed E-state index contributed by atoms with van der Waals surface area (Å²) < 4.78 is 13.9. The zero-order valence-electron chi connectivity index (χ0n) is 13.5. The predicted molar refractivity (Wildman–Crippen MR) is 95.2 cm³/mol. The third-order valence-electron chi connectivity index (χ3n) is 4.82. The van der Waals surface area contributed by atoms with Crippen LogP contribution in [0.2, 0.25) is 0 Å². The highest BCUT2D eigenvalue weighted by Gasteiger charge is 2.40. The molecule has 2 aliphatic heterocycles. The van der Waals surface area contributed by atoms with Gasteiger partial charge in [-0.25, -0.2) is 9.38 Å². The van der Waals surface area contributed by atoms with Crippen LogP contribution in [-0.2, 0) is 6.54 Å². The summed E-state index contributed by atoms with van der Waals surface area (Å²) >= 11 is 0. The Morgan fingerprint density at radius 1 is 1.04 bits per heavy atom. The molecule has 24 heavy (non-hydrogen) atoms. The maximum atomic E-state index is 13.9. The van der Waals surface area contributed by atoms with Crippen LogP contribution >= 0.6 is 0 Å². The number of para-hydroxylation sites is 2. The highest BCUT2D eigenvalue weighted by Crippen LogP contribution is 2.36. The molecule has 4 nitrogen and oxygen atoms in total. The molecular weight excluding hydrogens is 303 g/mol. The molecule has 0 aliphatic carbocycles. The molecule has 1 spiro atoms. The molecule has 2 aromatic carbocycles. The van der Waals surface area contributed by atoms with Crippen LogP contribution < -0.4 is 16.0 Å². The van der Waals surface area contributed by atoms with E-state index in [-0.39, 0.29) is 11.4 Å². The SMILES string of the molecule is Fc1ccccc1CNC1=Nc2ccccc2NC12CCNCC2. The van der Waals surface area contributed by atoms with Crippen LogP contribution in [0, 0.1) is 5.82 Å². The number of nitrogens with zero attached hydrogens (tertiary/aromatic N) is 1. The molecule has 0 bridgehead atoms. The zero-order valence-corrected chi connectivity index (χ0v) is 13.5. The van der Waals surface area contributed by atoms with Gasteiger partial charge in [0.15, 0.2) is 0 Å². The molecular formula is C19H21FN4. The smallest absolute Gasteiger partial charge is 0.128 e. The number of anilines is 1. The number of fused-ring (bicyclic) bond motifs is 1. The van der Waals surface area contributed by atoms with Crippen LogP contribution in [0.1, 0.15) is 18.4 Å². The summed E-state index contributed by atoms with van der Waals surface area (Å²) in [6.07, 6.45) is 1.90. The van der Waals surface area contributed by atoms with Gasteiger partial charge in [0.1, 0.15) is 11.7 Å². The van der Waals surface area contributed by atoms with Crippen molar-refractivity contribution in [2.24, 2.45) is 4.99 Å². The van der Waals surface area contributed by atoms with E-state index in [1.54, 1.807) is 6.07 Å². The zero-order chi connectivity index (χ0) is 16.4. The van der Waals surface area contributed by atoms with E-state index in [4.69, 9.17) is 4.99 Å². The van der Waals surface area contributed by atoms with E-state index < -0.39 is 0 Å². The van der Waals surface area contributed by atoms with Crippen molar-refractivity contribution in [3.8, 4) is 0 Å². The largest absolute Gasteiger partial charge is 0.371 e. The number of piperidine rings is 1. The summed E-state index contributed by atoms with van der Waals surface area (Å²) in [7, 11) is 0. The average Bonchev–Trinajstić information content (AvgIpc) is 2.62. The second-order valence-corrected chi connectivity index (χ2v) is 6.38. The van der Waals surface area contributed by atoms with Crippen LogP contribution in [0.25, 0.3) is 0 Å². The van der Waals surface area contributed by atoms with Crippen LogP contribution in [0.3, 0.4) is 0 Å². The van der Waals surface area contributed by atoms with E-state index in [1.807, 2.05) is 30.3 Å². The molecule has 0 unspecified atom stereocenters. The van der Waals surface area contributed by atoms with Gasteiger partial charge in [-0.2, -0.15) is 0 Å². The van der Waals surface area contributed by atoms with Gasteiger partial charge in [0, 0.05) is 12.1 Å². The Morgan fingerprint density at radius 2 is 1.79 bits per heavy atom. The third kappa shape index (κ3) is 2.76. The van der Waals surface area contributed by atoms with Crippen molar-refractivity contribution in [2.75, 3.05) is 18.4 Å². The summed E-state index contributed by atoms with van der Waals surface area (Å²) in [6.45, 7) is 2.32. The van der Waals surface area contributed by atoms with Crippen LogP contribution in [-0.4, -0.2) is 24.5 Å². The molecule has 1 fully saturated rings. The molecule has 0 saturated carbocycles. The Balaban J connectivity index is 1.64. The minimum atomic E-state index is -0.204. The Labute approximate surface area is 141 Å². The van der Waals surface area contributed by atoms with Crippen molar-refractivity contribution in [3.05, 3.63) is 59.9 Å². The molecule has 124 valence electrons. The number of benzene rings is 2. The molecule has 0 atom stereocenters. The third-order valence-corrected chi connectivity index (χ3v) is 4.82. The Kier molecular flexibility index (Phi) is 3.94. The number of rotatable bonds is 2. The number of aliphatic imine (C=N–C) groups is 1. The first kappa shape index (κ1) is 15.1. The van der Waals surface area contributed by atoms with E-state index in [2.05, 4.69) is 22.0 Å². The summed E-state index contributed by atoms with van der Waals surface area (Å²) in [5, 5.41) is 10.5. The van der Waals surface area contributed by atoms with Crippen LogP contribution in [0.15, 0.2) is 53.5 Å². The Hall–Kier alpha value is -2.40. The molecule has 2 heterocycles. The van der Waals surface area contributed by atoms with Crippen molar-refractivity contribution in [1.29, 1.82) is 0 Å². The number of amidine groups is 1. The topological polar surface area (TPSA) is 48.5 Å². The van der Waals surface area contributed by atoms with Gasteiger partial charge in [-0.3, -0.25) is 0 Å². The van der Waals surface area contributed by atoms with E-state index in [0.29, 0.717) is 12.1 Å². The lowest BCUT2D eigenvalue weighted by Gasteiger charge is -2.43. The number of halogens is 1. The quantitative estimate of drug-likeness (QED) is 0.795. The lowest BCUT2D eigenvalue weighted by molar-refractivity contribution is 0.412. The first-order chi connectivity index (χ1) is 11.8. The molecule has 5 heteroatoms. The maximum absolute atomic E-state index is 13.9. The van der Waals surface area contributed by atoms with Crippen LogP contribution in [0.5, 0.6) is 0 Å². The number of hydrogen-bond donors (Lipinski definition) is 3. The second kappa shape index (κ2) is 6.24. The molecule has 1 saturated heterocycles. The predicted octanol–water partition coefficient (Wildman–Crippen LogP) is 3.19. The monoisotopic (exact) mass is 324 g/mol. The number of nitrogens with one attached hydrogen (secondary N) is 3. The molecule has 2 aromatic rings. The molecule has 4 rings (SSSR count). The van der Waals surface area contributed by atoms with Gasteiger partial charge in [0.05, 0.1) is 16.9 Å². The highest BCUT2D eigenvalue weighted by atomic mass is 19.1. The van der Waals surface area contributed by atoms with Gasteiger partial charge >= 0.3 is 0 Å². The first-order valence-corrected chi connectivity index (χ1v) is 8.41. The minimum absolute atomic E-state index is 0.186. The fourth-order valence-electron chi connectivity index (χ4n) is 3.47. The van der Waals surface area contributed by atoms with E-state index in [1.165, 1.54) is 6.07 Å². The van der Waals surface area contributed by atoms with Gasteiger partial charge in [-0.15, -0.1) is 0 Å². The van der Waals surface area contributed by atoms with E-state index in [0.717, 1.165) is 43.1 Å². The lowest BCUT2D eigenvalue weighted by atomic mass is 9.85. The Morgan fingerprint density at radius 3 is 2.62 bits per heavy atom. The average molecular weight is 324 g/mol. The Bertz CT molecular complexity index is 765. The van der Waals surface area contributed by atoms with Crippen molar-refractivity contribution < 1.29 is 4.39 Å². The molecule has 3 N–H and O–H groups in total. The summed E-state index contributed by atoms with van der Waals surface area (Å²) in [5.74, 6) is 0.722. The molecule has 0 aromatic heterocycles. The lowest BCUT2D eigenvalue weighted by Crippen LogP contribution is -2.58. The van der Waals surface area contributed by atoms with Crippen molar-refractivity contribution >= 4 is 17.2 Å². The van der Waals surface area contributed by atoms with Gasteiger partial charge < -0.3 is 16.0 Å². The summed E-state index contributed by atoms with van der Waals surface area (Å²) in [4.78, 5) is 4.86. The fraction of sp³-hybridized carbons (Fsp3) is 0.316. The van der Waals surface area contributed by atoms with Crippen LogP contribution in [0.4, 0.5) is 15.8 Å². The van der Waals surface area contributed by atoms with Gasteiger partial charge in [-0.1, -0.05) is 30.3 Å². The fourth-order valence-corrected chi connectivity index (χ4v) is 3.47. The second-order valence-electron chi connectivity index (χ2n) is 6.38. The summed E-state index contributed by atoms with van der Waals surface area (Å²) in [5.41, 5.74) is 2.45. The molecule has 0 radical (unpaired) electrons. The van der Waals surface area contributed by atoms with Crippen molar-refractivity contribution in [1.82, 2.24) is 10.6 Å². The highest BCUT2D eigenvalue weighted by molar-refractivity contribution is 6.00. The number of hydrogen-bond acceptors (Lipinski definition) is 4. The standard InChI is InChI=1S/C19H21FN4/c20-15-6-2-1-5-14(15)13-22-18-19(9-11-21-12-10-19)24-17-8-4-3-7-16(17)23-18/h1-8,21,24H,9-13H2,(H,22,23). The summed E-state index contributed by atoms with van der Waals surface area (Å²) in [6, 6.07) is 14.9.